The van der Waals surface area contributed by atoms with Crippen LogP contribution in [0.1, 0.15) is 26.2 Å². The molecule has 0 bridgehead atoms. The molecular formula is C12H19BrN4O. The smallest absolute Gasteiger partial charge is 0.148 e. The van der Waals surface area contributed by atoms with Crippen molar-refractivity contribution >= 4 is 27.6 Å². The van der Waals surface area contributed by atoms with Crippen molar-refractivity contribution in [1.82, 2.24) is 9.97 Å². The van der Waals surface area contributed by atoms with Crippen LogP contribution in [0.4, 0.5) is 11.6 Å². The number of nitrogens with zero attached hydrogens (tertiary/aromatic N) is 3. The van der Waals surface area contributed by atoms with E-state index in [1.807, 2.05) is 0 Å². The normalized spacial score (nSPS) is 20.1. The summed E-state index contributed by atoms with van der Waals surface area (Å²) in [6, 6.07) is 0. The number of nitrogen functional groups attached to an aromatic ring is 1. The minimum absolute atomic E-state index is 0.293. The van der Waals surface area contributed by atoms with Gasteiger partial charge in [-0.3, -0.25) is 0 Å². The zero-order chi connectivity index (χ0) is 13.0. The van der Waals surface area contributed by atoms with Crippen molar-refractivity contribution in [3.05, 3.63) is 10.8 Å². The summed E-state index contributed by atoms with van der Waals surface area (Å²) in [5.74, 6) is 1.35. The predicted octanol–water partition coefficient (Wildman–Crippen LogP) is 2.22. The number of piperidine rings is 1. The van der Waals surface area contributed by atoms with Crippen molar-refractivity contribution in [1.29, 1.82) is 0 Å². The molecule has 18 heavy (non-hydrogen) atoms. The lowest BCUT2D eigenvalue weighted by Gasteiger charge is -2.33. The molecule has 1 unspecified atom stereocenters. The molecule has 1 aromatic rings. The predicted molar refractivity (Wildman–Crippen MR) is 75.6 cm³/mol. The number of halogens is 1. The van der Waals surface area contributed by atoms with Gasteiger partial charge in [0.15, 0.2) is 0 Å². The van der Waals surface area contributed by atoms with Crippen LogP contribution >= 0.6 is 15.9 Å². The fraction of sp³-hybridized carbons (Fsp3) is 0.667. The van der Waals surface area contributed by atoms with Gasteiger partial charge in [0, 0.05) is 19.7 Å². The molecule has 0 spiro atoms. The molecule has 0 amide bonds. The van der Waals surface area contributed by atoms with Crippen LogP contribution in [0.5, 0.6) is 0 Å². The van der Waals surface area contributed by atoms with E-state index in [0.29, 0.717) is 11.9 Å². The maximum atomic E-state index is 5.82. The van der Waals surface area contributed by atoms with E-state index in [0.717, 1.165) is 49.2 Å². The van der Waals surface area contributed by atoms with Gasteiger partial charge >= 0.3 is 0 Å². The van der Waals surface area contributed by atoms with E-state index >= 15 is 0 Å². The quantitative estimate of drug-likeness (QED) is 0.923. The highest BCUT2D eigenvalue weighted by Gasteiger charge is 2.23. The standard InChI is InChI=1S/C12H19BrN4O/c1-2-6-18-9-4-3-5-17(7-9)12-10(13)11(14)15-8-16-12/h8-9H,2-7H2,1H3,(H2,14,15,16). The Morgan fingerprint density at radius 1 is 1.56 bits per heavy atom. The highest BCUT2D eigenvalue weighted by molar-refractivity contribution is 9.10. The first-order valence-electron chi connectivity index (χ1n) is 6.35. The number of anilines is 2. The van der Waals surface area contributed by atoms with Crippen LogP contribution in [0.3, 0.4) is 0 Å². The summed E-state index contributed by atoms with van der Waals surface area (Å²) < 4.78 is 6.60. The second-order valence-corrected chi connectivity index (χ2v) is 5.27. The number of aromatic nitrogens is 2. The molecular weight excluding hydrogens is 296 g/mol. The molecule has 1 aliphatic rings. The van der Waals surface area contributed by atoms with Gasteiger partial charge < -0.3 is 15.4 Å². The van der Waals surface area contributed by atoms with Gasteiger partial charge in [-0.2, -0.15) is 0 Å². The molecule has 1 aromatic heterocycles. The van der Waals surface area contributed by atoms with Crippen molar-refractivity contribution in [3.8, 4) is 0 Å². The highest BCUT2D eigenvalue weighted by Crippen LogP contribution is 2.29. The second-order valence-electron chi connectivity index (χ2n) is 4.48. The number of hydrogen-bond acceptors (Lipinski definition) is 5. The highest BCUT2D eigenvalue weighted by atomic mass is 79.9. The Bertz CT molecular complexity index is 402. The average molecular weight is 315 g/mol. The summed E-state index contributed by atoms with van der Waals surface area (Å²) >= 11 is 3.46. The number of ether oxygens (including phenoxy) is 1. The van der Waals surface area contributed by atoms with Crippen molar-refractivity contribution in [3.63, 3.8) is 0 Å². The summed E-state index contributed by atoms with van der Waals surface area (Å²) in [4.78, 5) is 10.5. The zero-order valence-electron chi connectivity index (χ0n) is 10.6. The lowest BCUT2D eigenvalue weighted by atomic mass is 10.1. The van der Waals surface area contributed by atoms with Crippen molar-refractivity contribution in [2.24, 2.45) is 0 Å². The zero-order valence-corrected chi connectivity index (χ0v) is 12.2. The summed E-state index contributed by atoms with van der Waals surface area (Å²) in [5.41, 5.74) is 5.79. The summed E-state index contributed by atoms with van der Waals surface area (Å²) in [5, 5.41) is 0. The molecule has 1 saturated heterocycles. The van der Waals surface area contributed by atoms with Crippen molar-refractivity contribution in [2.45, 2.75) is 32.3 Å². The molecule has 6 heteroatoms. The fourth-order valence-corrected chi connectivity index (χ4v) is 2.60. The van der Waals surface area contributed by atoms with Crippen molar-refractivity contribution in [2.75, 3.05) is 30.3 Å². The van der Waals surface area contributed by atoms with Crippen LogP contribution in [0.2, 0.25) is 0 Å². The molecule has 0 radical (unpaired) electrons. The van der Waals surface area contributed by atoms with Gasteiger partial charge in [-0.15, -0.1) is 0 Å². The van der Waals surface area contributed by atoms with E-state index in [4.69, 9.17) is 10.5 Å². The third kappa shape index (κ3) is 3.11. The average Bonchev–Trinajstić information content (AvgIpc) is 2.40. The number of hydrogen-bond donors (Lipinski definition) is 1. The van der Waals surface area contributed by atoms with E-state index in [-0.39, 0.29) is 0 Å². The third-order valence-electron chi connectivity index (χ3n) is 3.03. The SMILES string of the molecule is CCCOC1CCCN(c2ncnc(N)c2Br)C1. The molecule has 0 aliphatic carbocycles. The second kappa shape index (κ2) is 6.33. The maximum Gasteiger partial charge on any atom is 0.148 e. The molecule has 0 saturated carbocycles. The molecule has 1 atom stereocenters. The van der Waals surface area contributed by atoms with Gasteiger partial charge in [-0.05, 0) is 35.2 Å². The Hall–Kier alpha value is -0.880. The Balaban J connectivity index is 2.06. The molecule has 100 valence electrons. The van der Waals surface area contributed by atoms with E-state index in [1.165, 1.54) is 6.33 Å². The first kappa shape index (κ1) is 13.5. The minimum Gasteiger partial charge on any atom is -0.383 e. The molecule has 2 rings (SSSR count). The number of nitrogens with two attached hydrogens (primary N) is 1. The Morgan fingerprint density at radius 3 is 3.17 bits per heavy atom. The van der Waals surface area contributed by atoms with Crippen LogP contribution in [0.15, 0.2) is 10.8 Å². The summed E-state index contributed by atoms with van der Waals surface area (Å²) in [7, 11) is 0. The van der Waals surface area contributed by atoms with Crippen LogP contribution in [-0.4, -0.2) is 35.8 Å². The van der Waals surface area contributed by atoms with Gasteiger partial charge in [0.05, 0.1) is 6.10 Å². The minimum atomic E-state index is 0.293. The topological polar surface area (TPSA) is 64.3 Å². The summed E-state index contributed by atoms with van der Waals surface area (Å²) in [6.07, 6.45) is 5.09. The first-order valence-corrected chi connectivity index (χ1v) is 7.14. The van der Waals surface area contributed by atoms with E-state index in [1.54, 1.807) is 0 Å². The van der Waals surface area contributed by atoms with Crippen LogP contribution in [-0.2, 0) is 4.74 Å². The largest absolute Gasteiger partial charge is 0.383 e. The van der Waals surface area contributed by atoms with Crippen LogP contribution < -0.4 is 10.6 Å². The molecule has 0 aromatic carbocycles. The van der Waals surface area contributed by atoms with Gasteiger partial charge in [-0.1, -0.05) is 6.92 Å². The maximum absolute atomic E-state index is 5.82. The lowest BCUT2D eigenvalue weighted by Crippen LogP contribution is -2.40. The molecule has 1 aliphatic heterocycles. The molecule has 2 heterocycles. The van der Waals surface area contributed by atoms with E-state index in [9.17, 15) is 0 Å². The Morgan fingerprint density at radius 2 is 2.39 bits per heavy atom. The monoisotopic (exact) mass is 314 g/mol. The van der Waals surface area contributed by atoms with Gasteiger partial charge in [-0.25, -0.2) is 9.97 Å². The van der Waals surface area contributed by atoms with Gasteiger partial charge in [0.2, 0.25) is 0 Å². The summed E-state index contributed by atoms with van der Waals surface area (Å²) in [6.45, 7) is 4.81. The Labute approximate surface area is 116 Å². The van der Waals surface area contributed by atoms with E-state index < -0.39 is 0 Å². The third-order valence-corrected chi connectivity index (χ3v) is 3.79. The molecule has 5 nitrogen and oxygen atoms in total. The fourth-order valence-electron chi connectivity index (χ4n) is 2.15. The van der Waals surface area contributed by atoms with Gasteiger partial charge in [0.1, 0.15) is 22.4 Å². The van der Waals surface area contributed by atoms with Crippen molar-refractivity contribution < 1.29 is 4.74 Å². The van der Waals surface area contributed by atoms with Gasteiger partial charge in [0.25, 0.3) is 0 Å². The molecule has 2 N–H and O–H groups in total. The van der Waals surface area contributed by atoms with Crippen LogP contribution in [0.25, 0.3) is 0 Å². The molecule has 1 fully saturated rings. The first-order chi connectivity index (χ1) is 8.72. The van der Waals surface area contributed by atoms with E-state index in [2.05, 4.69) is 37.7 Å². The van der Waals surface area contributed by atoms with Crippen LogP contribution in [0, 0.1) is 0 Å². The lowest BCUT2D eigenvalue weighted by molar-refractivity contribution is 0.0439. The number of rotatable bonds is 4. The Kier molecular flexibility index (Phi) is 4.77.